The minimum absolute atomic E-state index is 0.106. The van der Waals surface area contributed by atoms with E-state index < -0.39 is 10.0 Å². The van der Waals surface area contributed by atoms with Crippen molar-refractivity contribution in [2.75, 3.05) is 18.8 Å². The van der Waals surface area contributed by atoms with Gasteiger partial charge in [-0.05, 0) is 24.2 Å². The Morgan fingerprint density at radius 2 is 1.94 bits per heavy atom. The van der Waals surface area contributed by atoms with E-state index in [-0.39, 0.29) is 11.5 Å². The van der Waals surface area contributed by atoms with Crippen LogP contribution >= 0.6 is 0 Å². The van der Waals surface area contributed by atoms with Gasteiger partial charge in [0.05, 0.1) is 5.75 Å². The average Bonchev–Trinajstić information content (AvgIpc) is 3.03. The van der Waals surface area contributed by atoms with Crippen molar-refractivity contribution in [2.24, 2.45) is 17.1 Å². The smallest absolute Gasteiger partial charge is 0.214 e. The molecule has 0 aromatic heterocycles. The van der Waals surface area contributed by atoms with Gasteiger partial charge in [0.2, 0.25) is 10.0 Å². The first kappa shape index (κ1) is 13.3. The fraction of sp³-hybridized carbons (Fsp3) is 1.00. The molecule has 1 unspecified atom stereocenters. The molecule has 0 bridgehead atoms. The van der Waals surface area contributed by atoms with Crippen LogP contribution in [-0.2, 0) is 10.0 Å². The quantitative estimate of drug-likeness (QED) is 0.825. The third-order valence-electron chi connectivity index (χ3n) is 4.15. The Kier molecular flexibility index (Phi) is 3.54. The molecule has 1 heterocycles. The van der Waals surface area contributed by atoms with Crippen molar-refractivity contribution >= 4 is 10.0 Å². The predicted molar refractivity (Wildman–Crippen MR) is 69.1 cm³/mol. The molecule has 0 spiro atoms. The van der Waals surface area contributed by atoms with Gasteiger partial charge < -0.3 is 5.73 Å². The van der Waals surface area contributed by atoms with Crippen molar-refractivity contribution < 1.29 is 8.42 Å². The fourth-order valence-corrected chi connectivity index (χ4v) is 4.22. The summed E-state index contributed by atoms with van der Waals surface area (Å²) in [5.74, 6) is 0.994. The first-order chi connectivity index (χ1) is 7.81. The van der Waals surface area contributed by atoms with Crippen LogP contribution in [0, 0.1) is 11.3 Å². The second-order valence-corrected chi connectivity index (χ2v) is 8.35. The van der Waals surface area contributed by atoms with E-state index in [9.17, 15) is 8.42 Å². The molecule has 100 valence electrons. The van der Waals surface area contributed by atoms with Gasteiger partial charge in [-0.2, -0.15) is 0 Å². The van der Waals surface area contributed by atoms with E-state index in [0.29, 0.717) is 24.8 Å². The summed E-state index contributed by atoms with van der Waals surface area (Å²) in [4.78, 5) is 0. The van der Waals surface area contributed by atoms with Gasteiger partial charge in [-0.25, -0.2) is 12.7 Å². The van der Waals surface area contributed by atoms with Crippen molar-refractivity contribution in [3.05, 3.63) is 0 Å². The van der Waals surface area contributed by atoms with Gasteiger partial charge in [0.25, 0.3) is 0 Å². The Morgan fingerprint density at radius 1 is 1.29 bits per heavy atom. The average molecular weight is 260 g/mol. The van der Waals surface area contributed by atoms with Gasteiger partial charge in [-0.1, -0.05) is 26.7 Å². The third kappa shape index (κ3) is 3.20. The first-order valence-electron chi connectivity index (χ1n) is 6.55. The van der Waals surface area contributed by atoms with Gasteiger partial charge >= 0.3 is 0 Å². The molecule has 0 amide bonds. The molecule has 4 nitrogen and oxygen atoms in total. The lowest BCUT2D eigenvalue weighted by Gasteiger charge is -2.41. The normalized spacial score (nSPS) is 30.4. The molecule has 2 rings (SSSR count). The van der Waals surface area contributed by atoms with Crippen LogP contribution in [0.2, 0.25) is 0 Å². The minimum atomic E-state index is -3.06. The van der Waals surface area contributed by atoms with E-state index >= 15 is 0 Å². The molecule has 1 saturated heterocycles. The largest absolute Gasteiger partial charge is 0.327 e. The predicted octanol–water partition coefficient (Wildman–Crippen LogP) is 1.18. The van der Waals surface area contributed by atoms with E-state index in [4.69, 9.17) is 5.73 Å². The maximum Gasteiger partial charge on any atom is 0.214 e. The fourth-order valence-electron chi connectivity index (χ4n) is 2.41. The standard InChI is InChI=1S/C12H24N2O2S/c1-12(2)9-14(7-5-11(12)13)17(15,16)8-6-10-3-4-10/h10-11H,3-9,13H2,1-2H3. The maximum atomic E-state index is 12.2. The van der Waals surface area contributed by atoms with Gasteiger partial charge in [0, 0.05) is 19.1 Å². The summed E-state index contributed by atoms with van der Waals surface area (Å²) >= 11 is 0. The molecule has 1 saturated carbocycles. The number of sulfonamides is 1. The van der Waals surface area contributed by atoms with Crippen LogP contribution in [0.3, 0.4) is 0 Å². The highest BCUT2D eigenvalue weighted by Gasteiger charge is 2.38. The molecule has 2 fully saturated rings. The summed E-state index contributed by atoms with van der Waals surface area (Å²) in [6, 6.07) is 0.109. The molecule has 1 aliphatic heterocycles. The summed E-state index contributed by atoms with van der Waals surface area (Å²) in [5.41, 5.74) is 5.92. The monoisotopic (exact) mass is 260 g/mol. The Balaban J connectivity index is 1.96. The summed E-state index contributed by atoms with van der Waals surface area (Å²) in [6.07, 6.45) is 4.04. The van der Waals surface area contributed by atoms with Crippen molar-refractivity contribution in [1.82, 2.24) is 4.31 Å². The van der Waals surface area contributed by atoms with Crippen LogP contribution in [0.1, 0.15) is 39.5 Å². The summed E-state index contributed by atoms with van der Waals surface area (Å²) in [7, 11) is -3.06. The van der Waals surface area contributed by atoms with Gasteiger partial charge in [-0.3, -0.25) is 0 Å². The van der Waals surface area contributed by atoms with Crippen LogP contribution in [-0.4, -0.2) is 37.6 Å². The Labute approximate surface area is 105 Å². The molecule has 0 radical (unpaired) electrons. The number of nitrogens with zero attached hydrogens (tertiary/aromatic N) is 1. The summed E-state index contributed by atoms with van der Waals surface area (Å²) in [5, 5.41) is 0. The summed E-state index contributed by atoms with van der Waals surface area (Å²) in [6.45, 7) is 5.28. The van der Waals surface area contributed by atoms with Crippen molar-refractivity contribution in [3.8, 4) is 0 Å². The molecule has 0 aromatic rings. The number of hydrogen-bond donors (Lipinski definition) is 1. The number of hydrogen-bond acceptors (Lipinski definition) is 3. The van der Waals surface area contributed by atoms with Crippen molar-refractivity contribution in [1.29, 1.82) is 0 Å². The molecule has 5 heteroatoms. The third-order valence-corrected chi connectivity index (χ3v) is 6.00. The van der Waals surface area contributed by atoms with Gasteiger partial charge in [0.1, 0.15) is 0 Å². The van der Waals surface area contributed by atoms with Crippen molar-refractivity contribution in [3.63, 3.8) is 0 Å². The van der Waals surface area contributed by atoms with Crippen LogP contribution in [0.4, 0.5) is 0 Å². The minimum Gasteiger partial charge on any atom is -0.327 e. The molecule has 0 aromatic carbocycles. The lowest BCUT2D eigenvalue weighted by Crippen LogP contribution is -2.54. The Morgan fingerprint density at radius 3 is 2.47 bits per heavy atom. The molecule has 2 aliphatic rings. The van der Waals surface area contributed by atoms with Crippen molar-refractivity contribution in [2.45, 2.75) is 45.6 Å². The van der Waals surface area contributed by atoms with Crippen LogP contribution in [0.5, 0.6) is 0 Å². The maximum absolute atomic E-state index is 12.2. The zero-order chi connectivity index (χ0) is 12.7. The highest BCUT2D eigenvalue weighted by molar-refractivity contribution is 7.89. The molecule has 17 heavy (non-hydrogen) atoms. The second-order valence-electron chi connectivity index (χ2n) is 6.27. The van der Waals surface area contributed by atoms with Crippen LogP contribution in [0.25, 0.3) is 0 Å². The number of rotatable bonds is 4. The lowest BCUT2D eigenvalue weighted by molar-refractivity contribution is 0.155. The van der Waals surface area contributed by atoms with E-state index in [2.05, 4.69) is 13.8 Å². The SMILES string of the molecule is CC1(C)CN(S(=O)(=O)CCC2CC2)CCC1N. The van der Waals surface area contributed by atoms with Crippen LogP contribution < -0.4 is 5.73 Å². The summed E-state index contributed by atoms with van der Waals surface area (Å²) < 4.78 is 26.0. The topological polar surface area (TPSA) is 63.4 Å². The molecular weight excluding hydrogens is 236 g/mol. The van der Waals surface area contributed by atoms with Gasteiger partial charge in [-0.15, -0.1) is 0 Å². The zero-order valence-electron chi connectivity index (χ0n) is 10.9. The molecule has 1 aliphatic carbocycles. The first-order valence-corrected chi connectivity index (χ1v) is 8.15. The second kappa shape index (κ2) is 4.52. The molecule has 2 N–H and O–H groups in total. The van der Waals surface area contributed by atoms with Crippen LogP contribution in [0.15, 0.2) is 0 Å². The Bertz CT molecular complexity index is 374. The molecule has 1 atom stereocenters. The number of piperidine rings is 1. The van der Waals surface area contributed by atoms with E-state index in [1.165, 1.54) is 12.8 Å². The van der Waals surface area contributed by atoms with E-state index in [1.54, 1.807) is 4.31 Å². The zero-order valence-corrected chi connectivity index (χ0v) is 11.7. The van der Waals surface area contributed by atoms with E-state index in [0.717, 1.165) is 12.8 Å². The number of nitrogens with two attached hydrogens (primary N) is 1. The Hall–Kier alpha value is -0.130. The highest BCUT2D eigenvalue weighted by Crippen LogP contribution is 2.34. The highest BCUT2D eigenvalue weighted by atomic mass is 32.2. The molecular formula is C12H24N2O2S. The van der Waals surface area contributed by atoms with Gasteiger partial charge in [0.15, 0.2) is 0 Å². The lowest BCUT2D eigenvalue weighted by atomic mass is 9.81. The van der Waals surface area contributed by atoms with E-state index in [1.807, 2.05) is 0 Å².